The fourth-order valence-corrected chi connectivity index (χ4v) is 3.62. The number of carbonyl (C=O) groups excluding carboxylic acids is 2. The Morgan fingerprint density at radius 2 is 2.04 bits per heavy atom. The van der Waals surface area contributed by atoms with Crippen molar-refractivity contribution in [3.63, 3.8) is 0 Å². The number of hydrogen-bond donors (Lipinski definition) is 2. The molecule has 2 heterocycles. The zero-order valence-corrected chi connectivity index (χ0v) is 15.7. The second-order valence-electron chi connectivity index (χ2n) is 6.96. The summed E-state index contributed by atoms with van der Waals surface area (Å²) in [4.78, 5) is 28.6. The lowest BCUT2D eigenvalue weighted by Crippen LogP contribution is -2.31. The zero-order valence-electron chi connectivity index (χ0n) is 15.7. The van der Waals surface area contributed by atoms with E-state index in [-0.39, 0.29) is 36.9 Å². The molecule has 0 bridgehead atoms. The molecule has 27 heavy (non-hydrogen) atoms. The maximum atomic E-state index is 12.6. The van der Waals surface area contributed by atoms with E-state index in [1.54, 1.807) is 0 Å². The van der Waals surface area contributed by atoms with Gasteiger partial charge < -0.3 is 20.1 Å². The van der Waals surface area contributed by atoms with E-state index < -0.39 is 5.97 Å². The summed E-state index contributed by atoms with van der Waals surface area (Å²) in [5.74, 6) is -0.832. The van der Waals surface area contributed by atoms with Crippen LogP contribution in [0.4, 0.5) is 5.69 Å². The third-order valence-electron chi connectivity index (χ3n) is 5.00. The maximum Gasteiger partial charge on any atom is 0.337 e. The molecule has 0 saturated carbocycles. The Labute approximate surface area is 159 Å². The van der Waals surface area contributed by atoms with Crippen molar-refractivity contribution >= 4 is 17.6 Å². The summed E-state index contributed by atoms with van der Waals surface area (Å²) in [6.07, 6.45) is 3.78. The molecule has 3 rings (SSSR count). The van der Waals surface area contributed by atoms with Gasteiger partial charge in [0.1, 0.15) is 5.70 Å². The van der Waals surface area contributed by atoms with Crippen LogP contribution in [0.15, 0.2) is 35.5 Å². The van der Waals surface area contributed by atoms with Gasteiger partial charge in [-0.15, -0.1) is 0 Å². The second kappa shape index (κ2) is 9.01. The van der Waals surface area contributed by atoms with Crippen molar-refractivity contribution in [2.24, 2.45) is 0 Å². The third kappa shape index (κ3) is 4.67. The topological polar surface area (TPSA) is 82.1 Å². The summed E-state index contributed by atoms with van der Waals surface area (Å²) in [5.41, 5.74) is 2.45. The van der Waals surface area contributed by atoms with E-state index in [4.69, 9.17) is 9.84 Å². The molecular weight excluding hydrogens is 346 g/mol. The monoisotopic (exact) mass is 373 g/mol. The summed E-state index contributed by atoms with van der Waals surface area (Å²) in [5, 5.41) is 12.3. The number of nitrogens with zero attached hydrogens (tertiary/aromatic N) is 2. The van der Waals surface area contributed by atoms with Crippen LogP contribution in [0.25, 0.3) is 0 Å². The first kappa shape index (κ1) is 19.4. The van der Waals surface area contributed by atoms with Gasteiger partial charge in [0, 0.05) is 18.8 Å². The van der Waals surface area contributed by atoms with Crippen molar-refractivity contribution in [1.29, 1.82) is 0 Å². The lowest BCUT2D eigenvalue weighted by atomic mass is 10.1. The van der Waals surface area contributed by atoms with E-state index in [2.05, 4.69) is 16.3 Å². The predicted octanol–water partition coefficient (Wildman–Crippen LogP) is 1.35. The van der Waals surface area contributed by atoms with Crippen molar-refractivity contribution in [1.82, 2.24) is 9.80 Å². The Morgan fingerprint density at radius 1 is 1.26 bits per heavy atom. The molecule has 7 nitrogen and oxygen atoms in total. The molecule has 1 amide bonds. The number of amides is 1. The lowest BCUT2D eigenvalue weighted by molar-refractivity contribution is -0.136. The second-order valence-corrected chi connectivity index (χ2v) is 6.96. The maximum absolute atomic E-state index is 12.6. The summed E-state index contributed by atoms with van der Waals surface area (Å²) < 4.78 is 4.82. The number of β-amino-alcohol motifs (C(OH)–C–C–N with tert-alkyl or cyclic N) is 1. The Bertz CT molecular complexity index is 726. The molecule has 2 aliphatic rings. The van der Waals surface area contributed by atoms with Gasteiger partial charge >= 0.3 is 5.97 Å². The summed E-state index contributed by atoms with van der Waals surface area (Å²) in [6.45, 7) is 3.27. The van der Waals surface area contributed by atoms with E-state index in [1.165, 1.54) is 36.8 Å². The highest BCUT2D eigenvalue weighted by Crippen LogP contribution is 2.24. The van der Waals surface area contributed by atoms with Crippen LogP contribution in [0, 0.1) is 0 Å². The highest BCUT2D eigenvalue weighted by Gasteiger charge is 2.34. The summed E-state index contributed by atoms with van der Waals surface area (Å²) in [7, 11) is 1.30. The number of aliphatic hydroxyl groups is 1. The van der Waals surface area contributed by atoms with Crippen LogP contribution < -0.4 is 5.32 Å². The Balaban J connectivity index is 1.76. The minimum Gasteiger partial charge on any atom is -0.466 e. The van der Waals surface area contributed by atoms with Gasteiger partial charge in [0.15, 0.2) is 0 Å². The summed E-state index contributed by atoms with van der Waals surface area (Å²) in [6, 6.07) is 7.91. The molecule has 2 N–H and O–H groups in total. The Kier molecular flexibility index (Phi) is 6.47. The number of benzene rings is 1. The van der Waals surface area contributed by atoms with Crippen LogP contribution in [0.3, 0.4) is 0 Å². The number of piperidine rings is 1. The average molecular weight is 373 g/mol. The van der Waals surface area contributed by atoms with Gasteiger partial charge in [-0.25, -0.2) is 4.79 Å². The van der Waals surface area contributed by atoms with Crippen molar-refractivity contribution in [3.05, 3.63) is 41.1 Å². The third-order valence-corrected chi connectivity index (χ3v) is 5.00. The number of rotatable bonds is 7. The van der Waals surface area contributed by atoms with E-state index in [9.17, 15) is 9.59 Å². The number of ether oxygens (including phenoxy) is 1. The number of aliphatic hydroxyl groups excluding tert-OH is 1. The van der Waals surface area contributed by atoms with E-state index in [0.29, 0.717) is 0 Å². The first-order valence-corrected chi connectivity index (χ1v) is 9.42. The van der Waals surface area contributed by atoms with Crippen LogP contribution in [-0.4, -0.2) is 66.7 Å². The van der Waals surface area contributed by atoms with E-state index in [1.807, 2.05) is 18.2 Å². The average Bonchev–Trinajstić information content (AvgIpc) is 2.99. The van der Waals surface area contributed by atoms with Gasteiger partial charge in [-0.3, -0.25) is 9.69 Å². The number of nitrogens with one attached hydrogen (secondary N) is 1. The van der Waals surface area contributed by atoms with Crippen molar-refractivity contribution in [2.45, 2.75) is 25.8 Å². The van der Waals surface area contributed by atoms with E-state index in [0.717, 1.165) is 25.3 Å². The fourth-order valence-electron chi connectivity index (χ4n) is 3.62. The highest BCUT2D eigenvalue weighted by atomic mass is 16.5. The highest BCUT2D eigenvalue weighted by molar-refractivity contribution is 6.08. The molecule has 0 aliphatic carbocycles. The number of methoxy groups -OCH3 is 1. The number of esters is 1. The van der Waals surface area contributed by atoms with Crippen molar-refractivity contribution in [3.8, 4) is 0 Å². The summed E-state index contributed by atoms with van der Waals surface area (Å²) >= 11 is 0. The normalized spacial score (nSPS) is 18.1. The van der Waals surface area contributed by atoms with Crippen LogP contribution in [-0.2, 0) is 20.9 Å². The first-order valence-electron chi connectivity index (χ1n) is 9.42. The zero-order chi connectivity index (χ0) is 19.2. The van der Waals surface area contributed by atoms with Gasteiger partial charge in [-0.05, 0) is 43.6 Å². The molecule has 1 fully saturated rings. The lowest BCUT2D eigenvalue weighted by Gasteiger charge is -2.26. The minimum absolute atomic E-state index is 0.141. The molecule has 7 heteroatoms. The van der Waals surface area contributed by atoms with Gasteiger partial charge in [-0.1, -0.05) is 18.6 Å². The molecule has 1 aromatic rings. The van der Waals surface area contributed by atoms with Crippen LogP contribution in [0.5, 0.6) is 0 Å². The van der Waals surface area contributed by atoms with Gasteiger partial charge in [-0.2, -0.15) is 0 Å². The SMILES string of the molecule is COC(=O)C1=C(Nc2cccc(CN3CCCCC3)c2)C(=O)N(CCO)C1. The van der Waals surface area contributed by atoms with Gasteiger partial charge in [0.05, 0.1) is 25.8 Å². The molecule has 1 aromatic carbocycles. The molecule has 146 valence electrons. The van der Waals surface area contributed by atoms with Crippen molar-refractivity contribution < 1.29 is 19.4 Å². The standard InChI is InChI=1S/C20H27N3O4/c1-27-20(26)17-14-23(10-11-24)19(25)18(17)21-16-7-5-6-15(12-16)13-22-8-3-2-4-9-22/h5-7,12,21,24H,2-4,8-11,13-14H2,1H3. The molecular formula is C20H27N3O4. The Hall–Kier alpha value is -2.38. The molecule has 0 spiro atoms. The smallest absolute Gasteiger partial charge is 0.337 e. The number of likely N-dealkylation sites (tertiary alicyclic amines) is 1. The molecule has 0 unspecified atom stereocenters. The first-order chi connectivity index (χ1) is 13.1. The largest absolute Gasteiger partial charge is 0.466 e. The number of anilines is 1. The predicted molar refractivity (Wildman–Crippen MR) is 102 cm³/mol. The van der Waals surface area contributed by atoms with Crippen LogP contribution >= 0.6 is 0 Å². The van der Waals surface area contributed by atoms with E-state index >= 15 is 0 Å². The van der Waals surface area contributed by atoms with Crippen molar-refractivity contribution in [2.75, 3.05) is 45.2 Å². The van der Waals surface area contributed by atoms with Gasteiger partial charge in [0.25, 0.3) is 5.91 Å². The fraction of sp³-hybridized carbons (Fsp3) is 0.500. The quantitative estimate of drug-likeness (QED) is 0.702. The Morgan fingerprint density at radius 3 is 2.74 bits per heavy atom. The van der Waals surface area contributed by atoms with Crippen LogP contribution in [0.1, 0.15) is 24.8 Å². The molecule has 0 radical (unpaired) electrons. The minimum atomic E-state index is -0.532. The molecule has 1 saturated heterocycles. The van der Waals surface area contributed by atoms with Crippen LogP contribution in [0.2, 0.25) is 0 Å². The molecule has 2 aliphatic heterocycles. The number of hydrogen-bond acceptors (Lipinski definition) is 6. The number of carbonyl (C=O) groups is 2. The molecule has 0 aromatic heterocycles. The molecule has 0 atom stereocenters. The van der Waals surface area contributed by atoms with Gasteiger partial charge in [0.2, 0.25) is 0 Å².